The molecule has 4 heterocycles. The predicted octanol–water partition coefficient (Wildman–Crippen LogP) is 4.18. The van der Waals surface area contributed by atoms with Crippen LogP contribution in [-0.2, 0) is 0 Å². The molecule has 3 aliphatic heterocycles. The Kier molecular flexibility index (Phi) is 5.61. The number of allylic oxidation sites excluding steroid dienone is 2. The molecule has 7 rings (SSSR count). The van der Waals surface area contributed by atoms with Gasteiger partial charge in [-0.2, -0.15) is 0 Å². The van der Waals surface area contributed by atoms with Gasteiger partial charge in [0.25, 0.3) is 10.9 Å². The van der Waals surface area contributed by atoms with Gasteiger partial charge in [-0.3, -0.25) is 19.5 Å². The van der Waals surface area contributed by atoms with Crippen LogP contribution in [0.15, 0.2) is 82.6 Å². The third kappa shape index (κ3) is 3.82. The summed E-state index contributed by atoms with van der Waals surface area (Å²) in [4.78, 5) is 32.4. The van der Waals surface area contributed by atoms with Crippen LogP contribution in [0.5, 0.6) is 0 Å². The maximum atomic E-state index is 12.8. The fourth-order valence-corrected chi connectivity index (χ4v) is 6.18. The van der Waals surface area contributed by atoms with E-state index < -0.39 is 10.9 Å². The molecule has 3 fully saturated rings. The van der Waals surface area contributed by atoms with E-state index in [9.17, 15) is 9.59 Å². The van der Waals surface area contributed by atoms with Crippen LogP contribution in [0.25, 0.3) is 10.9 Å². The normalized spacial score (nSPS) is 26.1. The molecule has 0 amide bonds. The first-order chi connectivity index (χ1) is 17.1. The summed E-state index contributed by atoms with van der Waals surface area (Å²) in [6, 6.07) is 10.3. The van der Waals surface area contributed by atoms with E-state index in [1.165, 1.54) is 6.42 Å². The van der Waals surface area contributed by atoms with E-state index in [1.807, 2.05) is 24.4 Å². The first-order valence-electron chi connectivity index (χ1n) is 12.5. The van der Waals surface area contributed by atoms with Crippen LogP contribution in [0.2, 0.25) is 0 Å². The molecule has 4 unspecified atom stereocenters. The Morgan fingerprint density at radius 1 is 1.17 bits per heavy atom. The van der Waals surface area contributed by atoms with Crippen molar-refractivity contribution < 1.29 is 0 Å². The Bertz CT molecular complexity index is 1410. The maximum absolute atomic E-state index is 12.8. The van der Waals surface area contributed by atoms with Gasteiger partial charge < -0.3 is 10.6 Å². The second kappa shape index (κ2) is 8.93. The van der Waals surface area contributed by atoms with Gasteiger partial charge in [0.05, 0.1) is 11.6 Å². The summed E-state index contributed by atoms with van der Waals surface area (Å²) in [6.45, 7) is 6.63. The summed E-state index contributed by atoms with van der Waals surface area (Å²) in [5, 5.41) is 7.87. The van der Waals surface area contributed by atoms with Crippen LogP contribution in [0.4, 0.5) is 11.4 Å². The average Bonchev–Trinajstić information content (AvgIpc) is 3.43. The van der Waals surface area contributed by atoms with E-state index >= 15 is 0 Å². The number of pyridine rings is 1. The summed E-state index contributed by atoms with van der Waals surface area (Å²) in [6.07, 6.45) is 13.3. The molecule has 2 bridgehead atoms. The molecular formula is C29H30N4O2. The third-order valence-electron chi connectivity index (χ3n) is 8.08. The number of benzene rings is 1. The highest BCUT2D eigenvalue weighted by atomic mass is 16.2. The largest absolute Gasteiger partial charge is 0.376 e. The molecule has 0 radical (unpaired) electrons. The quantitative estimate of drug-likeness (QED) is 0.383. The lowest BCUT2D eigenvalue weighted by Gasteiger charge is -2.52. The highest BCUT2D eigenvalue weighted by Crippen LogP contribution is 2.43. The zero-order valence-electron chi connectivity index (χ0n) is 19.7. The van der Waals surface area contributed by atoms with Crippen LogP contribution in [0, 0.1) is 11.8 Å². The molecule has 3 saturated heterocycles. The maximum Gasteiger partial charge on any atom is 0.253 e. The number of hydrogen-bond donors (Lipinski definition) is 2. The minimum absolute atomic E-state index is 0.133. The summed E-state index contributed by atoms with van der Waals surface area (Å²) >= 11 is 0. The van der Waals surface area contributed by atoms with E-state index in [2.05, 4.69) is 63.5 Å². The van der Waals surface area contributed by atoms with E-state index in [4.69, 9.17) is 0 Å². The standard InChI is InChI=1S/C29H30N4O2/c1-2-19-17-33-14-12-20(19)15-24(33)25(22-11-13-30-23-10-6-5-9-21(22)23)32-27-26(28(34)29(27)35)31-16-18-7-3-4-8-18/h2-3,5-11,13,19-20,24-25,31-32H,1,4,12,14-17H2/t19?,20?,24?,25-/m1/s1. The minimum Gasteiger partial charge on any atom is -0.376 e. The molecule has 35 heavy (non-hydrogen) atoms. The topological polar surface area (TPSA) is 74.3 Å². The van der Waals surface area contributed by atoms with E-state index in [-0.39, 0.29) is 12.1 Å². The van der Waals surface area contributed by atoms with Crippen LogP contribution in [-0.4, -0.2) is 35.6 Å². The van der Waals surface area contributed by atoms with E-state index in [0.29, 0.717) is 29.8 Å². The molecule has 2 N–H and O–H groups in total. The molecule has 6 nitrogen and oxygen atoms in total. The van der Waals surface area contributed by atoms with Crippen molar-refractivity contribution in [2.75, 3.05) is 30.3 Å². The number of nitrogens with zero attached hydrogens (tertiary/aromatic N) is 2. The number of fused-ring (bicyclic) bond motifs is 4. The Morgan fingerprint density at radius 3 is 2.80 bits per heavy atom. The van der Waals surface area contributed by atoms with Gasteiger partial charge in [0, 0.05) is 30.7 Å². The lowest BCUT2D eigenvalue weighted by molar-refractivity contribution is 0.0105. The molecule has 1 aromatic heterocycles. The first kappa shape index (κ1) is 22.0. The van der Waals surface area contributed by atoms with Gasteiger partial charge in [-0.1, -0.05) is 42.5 Å². The molecule has 0 spiro atoms. The number of aromatic nitrogens is 1. The van der Waals surface area contributed by atoms with Gasteiger partial charge in [0.1, 0.15) is 11.4 Å². The smallest absolute Gasteiger partial charge is 0.253 e. The molecule has 5 atom stereocenters. The molecule has 1 aliphatic carbocycles. The minimum atomic E-state index is -0.439. The van der Waals surface area contributed by atoms with Gasteiger partial charge in [-0.15, -0.1) is 6.58 Å². The van der Waals surface area contributed by atoms with Gasteiger partial charge in [-0.05, 0) is 60.9 Å². The van der Waals surface area contributed by atoms with Crippen molar-refractivity contribution in [3.05, 3.63) is 99.0 Å². The van der Waals surface area contributed by atoms with Crippen molar-refractivity contribution in [2.24, 2.45) is 11.8 Å². The van der Waals surface area contributed by atoms with Gasteiger partial charge >= 0.3 is 0 Å². The zero-order chi connectivity index (χ0) is 23.9. The fraction of sp³-hybridized carbons (Fsp3) is 0.345. The Hall–Kier alpha value is -3.51. The number of rotatable bonds is 8. The fourth-order valence-electron chi connectivity index (χ4n) is 6.18. The van der Waals surface area contributed by atoms with Gasteiger partial charge in [-0.25, -0.2) is 0 Å². The summed E-state index contributed by atoms with van der Waals surface area (Å²) in [5.41, 5.74) is 3.11. The summed E-state index contributed by atoms with van der Waals surface area (Å²) < 4.78 is 0. The lowest BCUT2D eigenvalue weighted by atomic mass is 9.73. The molecule has 3 aromatic rings. The predicted molar refractivity (Wildman–Crippen MR) is 142 cm³/mol. The van der Waals surface area contributed by atoms with Crippen molar-refractivity contribution in [1.29, 1.82) is 0 Å². The van der Waals surface area contributed by atoms with Crippen molar-refractivity contribution in [3.8, 4) is 0 Å². The third-order valence-corrected chi connectivity index (χ3v) is 8.08. The number of anilines is 2. The molecule has 4 aliphatic rings. The van der Waals surface area contributed by atoms with Crippen molar-refractivity contribution >= 4 is 22.3 Å². The Balaban J connectivity index is 1.37. The molecule has 178 valence electrons. The second-order valence-electron chi connectivity index (χ2n) is 9.96. The van der Waals surface area contributed by atoms with Crippen LogP contribution in [0.3, 0.4) is 0 Å². The summed E-state index contributed by atoms with van der Waals surface area (Å²) in [7, 11) is 0. The zero-order valence-corrected chi connectivity index (χ0v) is 19.7. The first-order valence-corrected chi connectivity index (χ1v) is 12.5. The van der Waals surface area contributed by atoms with E-state index in [1.54, 1.807) is 0 Å². The Morgan fingerprint density at radius 2 is 2.03 bits per heavy atom. The van der Waals surface area contributed by atoms with Gasteiger partial charge in [0.2, 0.25) is 0 Å². The number of piperidine rings is 3. The lowest BCUT2D eigenvalue weighted by Crippen LogP contribution is -2.56. The van der Waals surface area contributed by atoms with Gasteiger partial charge in [0.15, 0.2) is 0 Å². The number of hydrogen-bond acceptors (Lipinski definition) is 6. The van der Waals surface area contributed by atoms with Crippen LogP contribution in [0.1, 0.15) is 30.9 Å². The molecular weight excluding hydrogens is 436 g/mol. The Labute approximate surface area is 204 Å². The van der Waals surface area contributed by atoms with Crippen LogP contribution >= 0.6 is 0 Å². The monoisotopic (exact) mass is 466 g/mol. The highest BCUT2D eigenvalue weighted by molar-refractivity contribution is 5.83. The van der Waals surface area contributed by atoms with E-state index in [0.717, 1.165) is 48.0 Å². The number of para-hydroxylation sites is 1. The molecule has 6 heteroatoms. The van der Waals surface area contributed by atoms with Crippen molar-refractivity contribution in [3.63, 3.8) is 0 Å². The van der Waals surface area contributed by atoms with Crippen molar-refractivity contribution in [2.45, 2.75) is 31.3 Å². The SMILES string of the molecule is C=CC1CN2CCC1CC2[C@H](Nc1c(NCC2=CCC=C2)c(=O)c1=O)c1ccnc2ccccc12. The number of nitrogens with one attached hydrogen (secondary N) is 2. The molecule has 0 saturated carbocycles. The van der Waals surface area contributed by atoms with Crippen LogP contribution < -0.4 is 21.5 Å². The molecule has 2 aromatic carbocycles. The average molecular weight is 467 g/mol. The summed E-state index contributed by atoms with van der Waals surface area (Å²) in [5.74, 6) is 1.09. The second-order valence-corrected chi connectivity index (χ2v) is 9.96. The highest BCUT2D eigenvalue weighted by Gasteiger charge is 2.43. The van der Waals surface area contributed by atoms with Crippen molar-refractivity contribution in [1.82, 2.24) is 9.88 Å².